The van der Waals surface area contributed by atoms with E-state index in [0.717, 1.165) is 30.0 Å². The number of ether oxygens (including phenoxy) is 1. The van der Waals surface area contributed by atoms with E-state index in [1.54, 1.807) is 12.1 Å². The molecule has 0 saturated heterocycles. The molecule has 1 amide bonds. The van der Waals surface area contributed by atoms with Crippen LogP contribution in [0, 0.1) is 6.92 Å². The van der Waals surface area contributed by atoms with Crippen LogP contribution in [0.15, 0.2) is 30.3 Å². The lowest BCUT2D eigenvalue weighted by Crippen LogP contribution is -2.22. The Morgan fingerprint density at radius 1 is 1.12 bits per heavy atom. The first kappa shape index (κ1) is 19.4. The number of carbonyl (C=O) groups is 1. The standard InChI is InChI=1S/C19H22Cl2N2O2/c1-5-23(6-2)14-7-8-17(12(3)9-14)22-19(24)13-10-15(20)18(25-4)16(21)11-13/h7-11H,5-6H2,1-4H3,(H,22,24). The van der Waals surface area contributed by atoms with Gasteiger partial charge in [-0.05, 0) is 56.7 Å². The van der Waals surface area contributed by atoms with E-state index in [1.807, 2.05) is 19.1 Å². The first-order valence-corrected chi connectivity index (χ1v) is 8.86. The smallest absolute Gasteiger partial charge is 0.255 e. The van der Waals surface area contributed by atoms with Gasteiger partial charge in [-0.25, -0.2) is 0 Å². The Morgan fingerprint density at radius 2 is 1.72 bits per heavy atom. The van der Waals surface area contributed by atoms with Gasteiger partial charge in [0, 0.05) is 30.0 Å². The molecule has 0 saturated carbocycles. The molecule has 0 unspecified atom stereocenters. The molecule has 2 aromatic rings. The predicted octanol–water partition coefficient (Wildman–Crippen LogP) is 5.41. The third-order valence-electron chi connectivity index (χ3n) is 4.05. The Kier molecular flexibility index (Phi) is 6.57. The van der Waals surface area contributed by atoms with Crippen molar-refractivity contribution in [2.24, 2.45) is 0 Å². The highest BCUT2D eigenvalue weighted by molar-refractivity contribution is 6.37. The number of halogens is 2. The fourth-order valence-electron chi connectivity index (χ4n) is 2.65. The number of benzene rings is 2. The summed E-state index contributed by atoms with van der Waals surface area (Å²) in [5.74, 6) is 0.0878. The van der Waals surface area contributed by atoms with Gasteiger partial charge in [0.1, 0.15) is 0 Å². The number of rotatable bonds is 6. The molecule has 2 aromatic carbocycles. The number of nitrogens with zero attached hydrogens (tertiary/aromatic N) is 1. The maximum atomic E-state index is 12.5. The summed E-state index contributed by atoms with van der Waals surface area (Å²) in [7, 11) is 1.48. The molecular weight excluding hydrogens is 359 g/mol. The second kappa shape index (κ2) is 8.45. The average molecular weight is 381 g/mol. The summed E-state index contributed by atoms with van der Waals surface area (Å²) in [5, 5.41) is 3.50. The van der Waals surface area contributed by atoms with Crippen molar-refractivity contribution in [1.82, 2.24) is 0 Å². The first-order chi connectivity index (χ1) is 11.9. The van der Waals surface area contributed by atoms with E-state index in [0.29, 0.717) is 21.4 Å². The van der Waals surface area contributed by atoms with Crippen molar-refractivity contribution in [2.45, 2.75) is 20.8 Å². The van der Waals surface area contributed by atoms with Crippen molar-refractivity contribution in [3.8, 4) is 5.75 Å². The Bertz CT molecular complexity index is 751. The summed E-state index contributed by atoms with van der Waals surface area (Å²) >= 11 is 12.2. The molecule has 0 aliphatic carbocycles. The third kappa shape index (κ3) is 4.39. The number of amides is 1. The van der Waals surface area contributed by atoms with Crippen LogP contribution in [-0.4, -0.2) is 26.1 Å². The molecule has 0 heterocycles. The summed E-state index contributed by atoms with van der Waals surface area (Å²) in [5.41, 5.74) is 3.26. The number of carbonyl (C=O) groups excluding carboxylic acids is 1. The fourth-order valence-corrected chi connectivity index (χ4v) is 3.30. The van der Waals surface area contributed by atoms with E-state index >= 15 is 0 Å². The minimum absolute atomic E-state index is 0.273. The van der Waals surface area contributed by atoms with Crippen molar-refractivity contribution in [1.29, 1.82) is 0 Å². The molecule has 25 heavy (non-hydrogen) atoms. The lowest BCUT2D eigenvalue weighted by molar-refractivity contribution is 0.102. The Morgan fingerprint density at radius 3 is 2.20 bits per heavy atom. The van der Waals surface area contributed by atoms with Gasteiger partial charge in [0.25, 0.3) is 5.91 Å². The molecule has 2 rings (SSSR count). The molecule has 0 bridgehead atoms. The fraction of sp³-hybridized carbons (Fsp3) is 0.316. The Balaban J connectivity index is 2.24. The van der Waals surface area contributed by atoms with E-state index < -0.39 is 0 Å². The van der Waals surface area contributed by atoms with Crippen LogP contribution in [0.2, 0.25) is 10.0 Å². The highest BCUT2D eigenvalue weighted by Gasteiger charge is 2.15. The van der Waals surface area contributed by atoms with Gasteiger partial charge in [-0.1, -0.05) is 23.2 Å². The first-order valence-electron chi connectivity index (χ1n) is 8.11. The molecule has 134 valence electrons. The van der Waals surface area contributed by atoms with Crippen LogP contribution in [0.3, 0.4) is 0 Å². The highest BCUT2D eigenvalue weighted by Crippen LogP contribution is 2.34. The van der Waals surface area contributed by atoms with Crippen LogP contribution in [-0.2, 0) is 0 Å². The quantitative estimate of drug-likeness (QED) is 0.728. The summed E-state index contributed by atoms with van der Waals surface area (Å²) in [6, 6.07) is 9.07. The van der Waals surface area contributed by atoms with Crippen molar-refractivity contribution in [2.75, 3.05) is 30.4 Å². The Hall–Kier alpha value is -1.91. The van der Waals surface area contributed by atoms with Crippen LogP contribution >= 0.6 is 23.2 Å². The lowest BCUT2D eigenvalue weighted by atomic mass is 10.1. The summed E-state index contributed by atoms with van der Waals surface area (Å²) < 4.78 is 5.10. The zero-order valence-corrected chi connectivity index (χ0v) is 16.3. The largest absolute Gasteiger partial charge is 0.494 e. The van der Waals surface area contributed by atoms with E-state index in [1.165, 1.54) is 7.11 Å². The summed E-state index contributed by atoms with van der Waals surface area (Å²) in [4.78, 5) is 14.8. The number of methoxy groups -OCH3 is 1. The van der Waals surface area contributed by atoms with E-state index in [9.17, 15) is 4.79 Å². The SMILES string of the molecule is CCN(CC)c1ccc(NC(=O)c2cc(Cl)c(OC)c(Cl)c2)c(C)c1. The minimum Gasteiger partial charge on any atom is -0.494 e. The van der Waals surface area contributed by atoms with E-state index in [-0.39, 0.29) is 5.91 Å². The summed E-state index contributed by atoms with van der Waals surface area (Å²) in [6.07, 6.45) is 0. The van der Waals surface area contributed by atoms with E-state index in [2.05, 4.69) is 30.1 Å². The number of hydrogen-bond acceptors (Lipinski definition) is 3. The van der Waals surface area contributed by atoms with Crippen LogP contribution in [0.1, 0.15) is 29.8 Å². The molecule has 6 heteroatoms. The number of nitrogens with one attached hydrogen (secondary N) is 1. The second-order valence-corrected chi connectivity index (χ2v) is 6.41. The van der Waals surface area contributed by atoms with E-state index in [4.69, 9.17) is 27.9 Å². The normalized spacial score (nSPS) is 10.5. The topological polar surface area (TPSA) is 41.6 Å². The number of aryl methyl sites for hydroxylation is 1. The minimum atomic E-state index is -0.273. The lowest BCUT2D eigenvalue weighted by Gasteiger charge is -2.22. The van der Waals surface area contributed by atoms with Gasteiger partial charge in [0.05, 0.1) is 17.2 Å². The second-order valence-electron chi connectivity index (χ2n) is 5.60. The van der Waals surface area contributed by atoms with Gasteiger partial charge in [0.2, 0.25) is 0 Å². The van der Waals surface area contributed by atoms with Crippen molar-refractivity contribution >= 4 is 40.5 Å². The van der Waals surface area contributed by atoms with Gasteiger partial charge in [0.15, 0.2) is 5.75 Å². The number of anilines is 2. The average Bonchev–Trinajstić information content (AvgIpc) is 2.58. The maximum Gasteiger partial charge on any atom is 0.255 e. The maximum absolute atomic E-state index is 12.5. The molecule has 0 aromatic heterocycles. The molecule has 0 atom stereocenters. The molecule has 4 nitrogen and oxygen atoms in total. The monoisotopic (exact) mass is 380 g/mol. The zero-order valence-electron chi connectivity index (χ0n) is 14.8. The van der Waals surface area contributed by atoms with Gasteiger partial charge < -0.3 is 15.0 Å². The molecule has 0 aliphatic heterocycles. The van der Waals surface area contributed by atoms with Crippen LogP contribution in [0.5, 0.6) is 5.75 Å². The van der Waals surface area contributed by atoms with Crippen LogP contribution in [0.25, 0.3) is 0 Å². The van der Waals surface area contributed by atoms with Crippen LogP contribution in [0.4, 0.5) is 11.4 Å². The van der Waals surface area contributed by atoms with Crippen molar-refractivity contribution in [3.05, 3.63) is 51.5 Å². The Labute approximate surface area is 158 Å². The molecular formula is C19H22Cl2N2O2. The van der Waals surface area contributed by atoms with Gasteiger partial charge in [-0.3, -0.25) is 4.79 Å². The molecule has 1 N–H and O–H groups in total. The van der Waals surface area contributed by atoms with Gasteiger partial charge >= 0.3 is 0 Å². The van der Waals surface area contributed by atoms with Crippen LogP contribution < -0.4 is 15.0 Å². The third-order valence-corrected chi connectivity index (χ3v) is 4.61. The van der Waals surface area contributed by atoms with Crippen molar-refractivity contribution < 1.29 is 9.53 Å². The van der Waals surface area contributed by atoms with Crippen molar-refractivity contribution in [3.63, 3.8) is 0 Å². The molecule has 0 radical (unpaired) electrons. The number of hydrogen-bond donors (Lipinski definition) is 1. The predicted molar refractivity (Wildman–Crippen MR) is 106 cm³/mol. The molecule has 0 aliphatic rings. The van der Waals surface area contributed by atoms with Gasteiger partial charge in [-0.15, -0.1) is 0 Å². The molecule has 0 spiro atoms. The highest BCUT2D eigenvalue weighted by atomic mass is 35.5. The zero-order chi connectivity index (χ0) is 18.6. The van der Waals surface area contributed by atoms with Gasteiger partial charge in [-0.2, -0.15) is 0 Å². The molecule has 0 fully saturated rings. The summed E-state index contributed by atoms with van der Waals surface area (Å²) in [6.45, 7) is 8.07.